The molecule has 0 fully saturated rings. The van der Waals surface area contributed by atoms with Crippen molar-refractivity contribution in [2.45, 2.75) is 19.9 Å². The quantitative estimate of drug-likeness (QED) is 0.209. The highest BCUT2D eigenvalue weighted by molar-refractivity contribution is 9.10. The lowest BCUT2D eigenvalue weighted by atomic mass is 9.91. The van der Waals surface area contributed by atoms with Crippen LogP contribution in [-0.2, 0) is 9.53 Å². The number of phenolic OH excluding ortho intramolecular Hbond substituents is 1. The second kappa shape index (κ2) is 9.99. The summed E-state index contributed by atoms with van der Waals surface area (Å²) in [6.45, 7) is 3.56. The summed E-state index contributed by atoms with van der Waals surface area (Å²) in [4.78, 5) is 42.6. The van der Waals surface area contributed by atoms with Gasteiger partial charge in [-0.15, -0.1) is 0 Å². The van der Waals surface area contributed by atoms with Crippen LogP contribution in [0.3, 0.4) is 0 Å². The molecule has 1 aromatic heterocycles. The fourth-order valence-corrected chi connectivity index (χ4v) is 6.07. The molecule has 3 aromatic carbocycles. The molecule has 0 saturated carbocycles. The maximum atomic E-state index is 13.9. The number of halogens is 1. The number of fused-ring (bicyclic) bond motifs is 2. The summed E-state index contributed by atoms with van der Waals surface area (Å²) in [5.41, 5.74) is 0.558. The molecule has 0 unspecified atom stereocenters. The Kier molecular flexibility index (Phi) is 6.72. The van der Waals surface area contributed by atoms with Gasteiger partial charge in [0, 0.05) is 16.1 Å². The van der Waals surface area contributed by atoms with E-state index < -0.39 is 33.9 Å². The van der Waals surface area contributed by atoms with Gasteiger partial charge in [0.1, 0.15) is 0 Å². The second-order valence-electron chi connectivity index (χ2n) is 8.49. The molecule has 1 aliphatic rings. The molecule has 4 aromatic rings. The van der Waals surface area contributed by atoms with E-state index in [0.717, 1.165) is 27.7 Å². The third-order valence-electron chi connectivity index (χ3n) is 6.20. The van der Waals surface area contributed by atoms with Gasteiger partial charge in [0.15, 0.2) is 4.80 Å². The molecule has 0 amide bonds. The van der Waals surface area contributed by atoms with E-state index in [1.165, 1.54) is 22.8 Å². The van der Waals surface area contributed by atoms with Gasteiger partial charge < -0.3 is 9.84 Å². The number of nitro groups is 1. The first-order valence-electron chi connectivity index (χ1n) is 11.6. The molecule has 2 heterocycles. The summed E-state index contributed by atoms with van der Waals surface area (Å²) in [6, 6.07) is 15.2. The Bertz CT molecular complexity index is 1850. The summed E-state index contributed by atoms with van der Waals surface area (Å²) in [5, 5.41) is 23.7. The Hall–Kier alpha value is -4.09. The van der Waals surface area contributed by atoms with Crippen LogP contribution in [0.25, 0.3) is 16.8 Å². The molecule has 11 heteroatoms. The predicted octanol–water partition coefficient (Wildman–Crippen LogP) is 4.33. The van der Waals surface area contributed by atoms with Crippen molar-refractivity contribution >= 4 is 55.8 Å². The van der Waals surface area contributed by atoms with E-state index in [1.807, 2.05) is 42.5 Å². The van der Waals surface area contributed by atoms with Crippen molar-refractivity contribution in [3.63, 3.8) is 0 Å². The van der Waals surface area contributed by atoms with E-state index in [4.69, 9.17) is 4.74 Å². The minimum absolute atomic E-state index is 0.0966. The largest absolute Gasteiger partial charge is 0.502 e. The zero-order chi connectivity index (χ0) is 27.1. The number of esters is 1. The number of allylic oxidation sites excluding steroid dienone is 1. The average molecular weight is 594 g/mol. The molecule has 5 rings (SSSR count). The Labute approximate surface area is 227 Å². The van der Waals surface area contributed by atoms with E-state index in [-0.39, 0.29) is 22.3 Å². The molecule has 1 aliphatic heterocycles. The van der Waals surface area contributed by atoms with E-state index >= 15 is 0 Å². The number of benzene rings is 3. The van der Waals surface area contributed by atoms with Crippen molar-refractivity contribution in [3.8, 4) is 5.75 Å². The van der Waals surface area contributed by atoms with Gasteiger partial charge in [-0.1, -0.05) is 69.7 Å². The highest BCUT2D eigenvalue weighted by Crippen LogP contribution is 2.36. The van der Waals surface area contributed by atoms with Crippen LogP contribution in [0, 0.1) is 10.1 Å². The summed E-state index contributed by atoms with van der Waals surface area (Å²) >= 11 is 4.29. The SMILES string of the molecule is CCOC(=O)C1=C(C)N=c2s/c(=C\c3cc(Br)cc([N+](=O)[O-])c3O)c(=O)n2[C@H]1c1cccc2ccccc12. The van der Waals surface area contributed by atoms with Crippen LogP contribution in [0.15, 0.2) is 80.1 Å². The molecular weight excluding hydrogens is 574 g/mol. The van der Waals surface area contributed by atoms with Gasteiger partial charge in [-0.05, 0) is 42.3 Å². The highest BCUT2D eigenvalue weighted by Gasteiger charge is 2.34. The lowest BCUT2D eigenvalue weighted by molar-refractivity contribution is -0.385. The van der Waals surface area contributed by atoms with Crippen LogP contribution in [0.5, 0.6) is 5.75 Å². The summed E-state index contributed by atoms with van der Waals surface area (Å²) in [5.74, 6) is -1.13. The van der Waals surface area contributed by atoms with E-state index in [1.54, 1.807) is 13.8 Å². The van der Waals surface area contributed by atoms with Crippen molar-refractivity contribution in [2.24, 2.45) is 4.99 Å². The number of rotatable bonds is 5. The standard InChI is InChI=1S/C27H20BrN3O6S/c1-3-37-26(34)22-14(2)29-27-30(23(22)19-10-6-8-15-7-4-5-9-18(15)19)25(33)21(38-27)12-16-11-17(28)13-20(24(16)32)31(35)36/h4-13,23,32H,3H2,1-2H3/b21-12-/t23-/m0/s1. The number of thiazole rings is 1. The Morgan fingerprint density at radius 3 is 2.74 bits per heavy atom. The zero-order valence-corrected chi connectivity index (χ0v) is 22.6. The van der Waals surface area contributed by atoms with Gasteiger partial charge >= 0.3 is 11.7 Å². The van der Waals surface area contributed by atoms with Crippen molar-refractivity contribution in [2.75, 3.05) is 6.61 Å². The second-order valence-corrected chi connectivity index (χ2v) is 10.4. The molecule has 0 bridgehead atoms. The Morgan fingerprint density at radius 2 is 2.00 bits per heavy atom. The number of phenols is 1. The molecule has 1 atom stereocenters. The third kappa shape index (κ3) is 4.33. The number of carbonyl (C=O) groups excluding carboxylic acids is 1. The number of carbonyl (C=O) groups is 1. The lowest BCUT2D eigenvalue weighted by Gasteiger charge is -2.25. The van der Waals surface area contributed by atoms with Gasteiger partial charge in [-0.2, -0.15) is 0 Å². The van der Waals surface area contributed by atoms with Gasteiger partial charge in [-0.3, -0.25) is 19.5 Å². The summed E-state index contributed by atoms with van der Waals surface area (Å²) in [6.07, 6.45) is 1.39. The maximum Gasteiger partial charge on any atom is 0.338 e. The molecule has 38 heavy (non-hydrogen) atoms. The summed E-state index contributed by atoms with van der Waals surface area (Å²) in [7, 11) is 0. The molecule has 0 spiro atoms. The van der Waals surface area contributed by atoms with Crippen molar-refractivity contribution in [3.05, 3.63) is 111 Å². The topological polar surface area (TPSA) is 124 Å². The van der Waals surface area contributed by atoms with Crippen LogP contribution in [0.2, 0.25) is 0 Å². The Morgan fingerprint density at radius 1 is 1.26 bits per heavy atom. The van der Waals surface area contributed by atoms with Crippen molar-refractivity contribution < 1.29 is 19.6 Å². The first kappa shape index (κ1) is 25.6. The number of hydrogen-bond donors (Lipinski definition) is 1. The number of ether oxygens (including phenoxy) is 1. The highest BCUT2D eigenvalue weighted by atomic mass is 79.9. The van der Waals surface area contributed by atoms with Crippen LogP contribution >= 0.6 is 27.3 Å². The van der Waals surface area contributed by atoms with Crippen molar-refractivity contribution in [1.82, 2.24) is 4.57 Å². The minimum atomic E-state index is -0.816. The van der Waals surface area contributed by atoms with Gasteiger partial charge in [-0.25, -0.2) is 9.79 Å². The van der Waals surface area contributed by atoms with Crippen LogP contribution in [0.4, 0.5) is 5.69 Å². The van der Waals surface area contributed by atoms with E-state index in [0.29, 0.717) is 15.0 Å². The number of aromatic hydroxyl groups is 1. The zero-order valence-electron chi connectivity index (χ0n) is 20.2. The number of nitro benzene ring substituents is 1. The first-order valence-corrected chi connectivity index (χ1v) is 13.2. The monoisotopic (exact) mass is 593 g/mol. The molecule has 9 nitrogen and oxygen atoms in total. The minimum Gasteiger partial charge on any atom is -0.502 e. The Balaban J connectivity index is 1.81. The number of aromatic nitrogens is 1. The molecule has 0 radical (unpaired) electrons. The van der Waals surface area contributed by atoms with Gasteiger partial charge in [0.05, 0.1) is 33.4 Å². The van der Waals surface area contributed by atoms with E-state index in [2.05, 4.69) is 20.9 Å². The molecule has 0 aliphatic carbocycles. The van der Waals surface area contributed by atoms with Gasteiger partial charge in [0.2, 0.25) is 5.75 Å². The van der Waals surface area contributed by atoms with Crippen molar-refractivity contribution in [1.29, 1.82) is 0 Å². The molecule has 192 valence electrons. The smallest absolute Gasteiger partial charge is 0.338 e. The van der Waals surface area contributed by atoms with Gasteiger partial charge in [0.25, 0.3) is 5.56 Å². The molecular formula is C27H20BrN3O6S. The molecule has 1 N–H and O–H groups in total. The van der Waals surface area contributed by atoms with Crippen LogP contribution < -0.4 is 14.9 Å². The fourth-order valence-electron chi connectivity index (χ4n) is 4.57. The average Bonchev–Trinajstić information content (AvgIpc) is 3.19. The third-order valence-corrected chi connectivity index (χ3v) is 7.64. The number of hydrogen-bond acceptors (Lipinski definition) is 8. The van der Waals surface area contributed by atoms with E-state index in [9.17, 15) is 24.8 Å². The lowest BCUT2D eigenvalue weighted by Crippen LogP contribution is -2.40. The fraction of sp³-hybridized carbons (Fsp3) is 0.148. The maximum absolute atomic E-state index is 13.9. The number of nitrogens with zero attached hydrogens (tertiary/aromatic N) is 3. The van der Waals surface area contributed by atoms with Crippen LogP contribution in [0.1, 0.15) is 31.0 Å². The van der Waals surface area contributed by atoms with Crippen LogP contribution in [-0.4, -0.2) is 27.2 Å². The molecule has 0 saturated heterocycles. The summed E-state index contributed by atoms with van der Waals surface area (Å²) < 4.78 is 7.36. The predicted molar refractivity (Wildman–Crippen MR) is 147 cm³/mol. The first-order chi connectivity index (χ1) is 18.2. The normalized spacial score (nSPS) is 15.3.